The van der Waals surface area contributed by atoms with Crippen molar-refractivity contribution in [2.45, 2.75) is 0 Å². The maximum atomic E-state index is 4.29. The van der Waals surface area contributed by atoms with Gasteiger partial charge in [0, 0.05) is 0 Å². The molecule has 4 aliphatic heterocycles. The zero-order chi connectivity index (χ0) is 14.1. The van der Waals surface area contributed by atoms with Crippen LogP contribution in [0.2, 0.25) is 0 Å². The van der Waals surface area contributed by atoms with Gasteiger partial charge in [-0.15, -0.1) is 0 Å². The minimum Gasteiger partial charge on any atom is -0.322 e. The predicted octanol–water partition coefficient (Wildman–Crippen LogP) is -2.08. The summed E-state index contributed by atoms with van der Waals surface area (Å²) in [5, 5.41) is 0. The first-order valence-corrected chi connectivity index (χ1v) is 7.03. The molecule has 4 aliphatic rings. The highest BCUT2D eigenvalue weighted by atomic mass is 15.4. The second kappa shape index (κ2) is 4.76. The average molecular weight is 283 g/mol. The fraction of sp³-hybridized carbons (Fsp3) is 0.333. The number of hydrogen-bond acceptors (Lipinski definition) is 4. The molecule has 21 heavy (non-hydrogen) atoms. The van der Waals surface area contributed by atoms with Crippen LogP contribution in [0, 0.1) is 0 Å². The molecule has 0 fully saturated rings. The molecule has 0 saturated carbocycles. The van der Waals surface area contributed by atoms with E-state index in [4.69, 9.17) is 0 Å². The van der Waals surface area contributed by atoms with Crippen LogP contribution in [-0.2, 0) is 0 Å². The van der Waals surface area contributed by atoms with E-state index in [9.17, 15) is 0 Å². The summed E-state index contributed by atoms with van der Waals surface area (Å²) in [7, 11) is 0. The van der Waals surface area contributed by atoms with Crippen LogP contribution < -0.4 is 0 Å². The van der Waals surface area contributed by atoms with Crippen LogP contribution in [-0.4, -0.2) is 101 Å². The van der Waals surface area contributed by atoms with Crippen molar-refractivity contribution in [2.24, 2.45) is 20.0 Å². The van der Waals surface area contributed by atoms with E-state index in [-0.39, 0.29) is 0 Å². The van der Waals surface area contributed by atoms with E-state index in [2.05, 4.69) is 37.9 Å². The molecule has 0 N–H and O–H groups in total. The monoisotopic (exact) mass is 283 g/mol. The Morgan fingerprint density at radius 1 is 0.524 bits per heavy atom. The lowest BCUT2D eigenvalue weighted by molar-refractivity contribution is -0.744. The lowest BCUT2D eigenvalue weighted by Crippen LogP contribution is -2.73. The molecule has 0 aromatic rings. The maximum absolute atomic E-state index is 4.29. The quantitative estimate of drug-likeness (QED) is 0.532. The van der Waals surface area contributed by atoms with E-state index in [0.29, 0.717) is 0 Å². The van der Waals surface area contributed by atoms with Crippen LogP contribution in [0.5, 0.6) is 0 Å². The number of rotatable bonds is 4. The Kier molecular flexibility index (Phi) is 2.76. The second-order valence-corrected chi connectivity index (χ2v) is 5.27. The Bertz CT molecular complexity index is 596. The molecule has 0 aromatic carbocycles. The Balaban J connectivity index is 1.90. The molecular formula is C12H16BN8+3. The van der Waals surface area contributed by atoms with Crippen LogP contribution in [0.25, 0.3) is 0 Å². The summed E-state index contributed by atoms with van der Waals surface area (Å²) in [6.07, 6.45) is 15.2. The van der Waals surface area contributed by atoms with Crippen molar-refractivity contribution in [3.05, 3.63) is 0 Å². The smallest absolute Gasteiger partial charge is 0.322 e. The zero-order valence-corrected chi connectivity index (χ0v) is 11.6. The summed E-state index contributed by atoms with van der Waals surface area (Å²) in [6, 6.07) is 0. The molecule has 0 aliphatic carbocycles. The van der Waals surface area contributed by atoms with Crippen molar-refractivity contribution in [2.75, 3.05) is 26.2 Å². The Labute approximate surface area is 121 Å². The Hall–Kier alpha value is -2.58. The first-order chi connectivity index (χ1) is 10.4. The van der Waals surface area contributed by atoms with Gasteiger partial charge >= 0.3 is 6.69 Å². The third-order valence-electron chi connectivity index (χ3n) is 4.23. The third-order valence-corrected chi connectivity index (χ3v) is 4.23. The van der Waals surface area contributed by atoms with Crippen LogP contribution in [0.3, 0.4) is 0 Å². The molecule has 0 atom stereocenters. The Morgan fingerprint density at radius 2 is 0.810 bits per heavy atom. The fourth-order valence-corrected chi connectivity index (χ4v) is 3.35. The van der Waals surface area contributed by atoms with Crippen LogP contribution in [0.15, 0.2) is 20.0 Å². The topological polar surface area (TPSA) is 61.5 Å². The average Bonchev–Trinajstić information content (AvgIpc) is 3.32. The molecule has 8 nitrogen and oxygen atoms in total. The molecule has 0 spiro atoms. The third kappa shape index (κ3) is 1.70. The van der Waals surface area contributed by atoms with Gasteiger partial charge in [0.05, 0.1) is 0 Å². The summed E-state index contributed by atoms with van der Waals surface area (Å²) in [4.78, 5) is 17.2. The van der Waals surface area contributed by atoms with E-state index in [1.165, 1.54) is 0 Å². The van der Waals surface area contributed by atoms with Crippen molar-refractivity contribution in [1.29, 1.82) is 0 Å². The van der Waals surface area contributed by atoms with Gasteiger partial charge < -0.3 is 17.9 Å². The van der Waals surface area contributed by atoms with Gasteiger partial charge in [-0.05, 0) is 0 Å². The lowest BCUT2D eigenvalue weighted by Gasteiger charge is -2.32. The van der Waals surface area contributed by atoms with Gasteiger partial charge in [0.15, 0.2) is 24.9 Å². The maximum Gasteiger partial charge on any atom is 0.763 e. The van der Waals surface area contributed by atoms with Crippen LogP contribution >= 0.6 is 0 Å². The summed E-state index contributed by atoms with van der Waals surface area (Å²) in [5.41, 5.74) is 0. The van der Waals surface area contributed by atoms with Gasteiger partial charge in [-0.2, -0.15) is 0 Å². The number of nitrogens with zero attached hydrogens (tertiary/aromatic N) is 8. The van der Waals surface area contributed by atoms with E-state index in [0.717, 1.165) is 26.2 Å². The molecule has 4 heterocycles. The molecule has 0 saturated heterocycles. The summed E-state index contributed by atoms with van der Waals surface area (Å²) in [6.45, 7) is 1.64. The van der Waals surface area contributed by atoms with Crippen LogP contribution in [0.4, 0.5) is 0 Å². The van der Waals surface area contributed by atoms with Gasteiger partial charge in [0.1, 0.15) is 26.2 Å². The molecule has 0 unspecified atom stereocenters. The lowest BCUT2D eigenvalue weighted by atomic mass is 9.69. The van der Waals surface area contributed by atoms with E-state index in [1.807, 2.05) is 50.2 Å². The van der Waals surface area contributed by atoms with E-state index >= 15 is 0 Å². The molecule has 9 heteroatoms. The van der Waals surface area contributed by atoms with Gasteiger partial charge in [0.25, 0.3) is 0 Å². The summed E-state index contributed by atoms with van der Waals surface area (Å²) < 4.78 is 8.95. The summed E-state index contributed by atoms with van der Waals surface area (Å²) in [5.74, 6) is 0. The Morgan fingerprint density at radius 3 is 1.00 bits per heavy atom. The normalized spacial score (nSPS) is 22.9. The van der Waals surface area contributed by atoms with Gasteiger partial charge in [0.2, 0.25) is 25.4 Å². The molecule has 0 aromatic heterocycles. The standard InChI is InChI=1S/C12H16BN8/c1-5-18(9-14-1)13(19-6-2-15-10-19,20-7-3-16-11-20)21-8-4-17-12-21/h1-4,9-12H,5-8H2/q+3. The SMILES string of the molecule is C1=NC=[N+]([B-]([N+]2=CN=CC2)([N+]2=CN=CC2)[N+]2=CN=CC2)C1. The molecule has 104 valence electrons. The second-order valence-electron chi connectivity index (χ2n) is 5.27. The van der Waals surface area contributed by atoms with Crippen molar-refractivity contribution in [3.8, 4) is 0 Å². The van der Waals surface area contributed by atoms with Gasteiger partial charge in [-0.3, -0.25) is 0 Å². The molecule has 0 bridgehead atoms. The first-order valence-electron chi connectivity index (χ1n) is 7.03. The first kappa shape index (κ1) is 12.2. The highest BCUT2D eigenvalue weighted by Crippen LogP contribution is 2.15. The van der Waals surface area contributed by atoms with Crippen molar-refractivity contribution in [1.82, 2.24) is 0 Å². The molecule has 0 radical (unpaired) electrons. The van der Waals surface area contributed by atoms with Crippen molar-refractivity contribution >= 4 is 56.9 Å². The van der Waals surface area contributed by atoms with Gasteiger partial charge in [-0.25, -0.2) is 0 Å². The number of aliphatic imine (C=N–C) groups is 4. The zero-order valence-electron chi connectivity index (χ0n) is 11.6. The highest BCUT2D eigenvalue weighted by molar-refractivity contribution is 6.49. The largest absolute Gasteiger partial charge is 0.763 e. The molecular weight excluding hydrogens is 267 g/mol. The van der Waals surface area contributed by atoms with Crippen molar-refractivity contribution in [3.63, 3.8) is 0 Å². The van der Waals surface area contributed by atoms with E-state index < -0.39 is 6.69 Å². The fourth-order valence-electron chi connectivity index (χ4n) is 3.35. The summed E-state index contributed by atoms with van der Waals surface area (Å²) >= 11 is 0. The van der Waals surface area contributed by atoms with E-state index in [1.54, 1.807) is 0 Å². The predicted molar refractivity (Wildman–Crippen MR) is 84.5 cm³/mol. The molecule has 4 rings (SSSR count). The van der Waals surface area contributed by atoms with Crippen LogP contribution in [0.1, 0.15) is 0 Å². The minimum absolute atomic E-state index is 0.763. The number of hydrogen-bond donors (Lipinski definition) is 0. The highest BCUT2D eigenvalue weighted by Gasteiger charge is 2.63. The molecule has 0 amide bonds. The van der Waals surface area contributed by atoms with Gasteiger partial charge in [-0.1, -0.05) is 20.0 Å². The van der Waals surface area contributed by atoms with Crippen molar-refractivity contribution < 1.29 is 17.9 Å². The minimum atomic E-state index is -1.42.